The number of carbonyl (C=O) groups is 2. The summed E-state index contributed by atoms with van der Waals surface area (Å²) in [6, 6.07) is 3.88. The maximum Gasteiger partial charge on any atom is 0.338 e. The number of carboxylic acid groups (broad SMARTS) is 1. The highest BCUT2D eigenvalue weighted by Crippen LogP contribution is 2.10. The summed E-state index contributed by atoms with van der Waals surface area (Å²) in [7, 11) is 0. The molecule has 0 bridgehead atoms. The zero-order valence-electron chi connectivity index (χ0n) is 9.07. The topological polar surface area (TPSA) is 92.4 Å². The molecule has 17 heavy (non-hydrogen) atoms. The Morgan fingerprint density at radius 1 is 1.41 bits per heavy atom. The third kappa shape index (κ3) is 4.20. The van der Waals surface area contributed by atoms with E-state index in [1.165, 1.54) is 12.1 Å². The van der Waals surface area contributed by atoms with Crippen LogP contribution in [0.2, 0.25) is 0 Å². The molecule has 6 heteroatoms. The van der Waals surface area contributed by atoms with E-state index in [1.807, 2.05) is 0 Å². The van der Waals surface area contributed by atoms with E-state index < -0.39 is 17.7 Å². The van der Waals surface area contributed by atoms with Crippen molar-refractivity contribution in [2.24, 2.45) is 5.73 Å². The van der Waals surface area contributed by atoms with Crippen LogP contribution in [0.4, 0.5) is 4.39 Å². The molecule has 1 rings (SSSR count). The van der Waals surface area contributed by atoms with Crippen molar-refractivity contribution in [3.8, 4) is 0 Å². The van der Waals surface area contributed by atoms with Crippen molar-refractivity contribution < 1.29 is 19.1 Å². The molecule has 1 aromatic carbocycles. The van der Waals surface area contributed by atoms with E-state index in [2.05, 4.69) is 5.32 Å². The summed E-state index contributed by atoms with van der Waals surface area (Å²) in [6.07, 6.45) is 0.204. The molecule has 1 aromatic rings. The van der Waals surface area contributed by atoms with E-state index in [1.54, 1.807) is 0 Å². The lowest BCUT2D eigenvalue weighted by Crippen LogP contribution is -2.21. The third-order valence-electron chi connectivity index (χ3n) is 2.14. The lowest BCUT2D eigenvalue weighted by atomic mass is 10.1. The summed E-state index contributed by atoms with van der Waals surface area (Å²) in [5.41, 5.74) is 5.20. The first-order chi connectivity index (χ1) is 8.00. The van der Waals surface area contributed by atoms with Gasteiger partial charge in [0.15, 0.2) is 0 Å². The number of hydrogen-bond acceptors (Lipinski definition) is 3. The number of aromatic carboxylic acids is 1. The van der Waals surface area contributed by atoms with Gasteiger partial charge < -0.3 is 16.2 Å². The molecule has 0 aromatic heterocycles. The van der Waals surface area contributed by atoms with Gasteiger partial charge in [0.25, 0.3) is 0 Å². The van der Waals surface area contributed by atoms with Gasteiger partial charge in [0, 0.05) is 19.5 Å². The first-order valence-corrected chi connectivity index (χ1v) is 5.01. The third-order valence-corrected chi connectivity index (χ3v) is 2.14. The number of nitrogens with two attached hydrogens (primary N) is 1. The van der Waals surface area contributed by atoms with Crippen molar-refractivity contribution in [2.45, 2.75) is 13.0 Å². The number of amides is 1. The Morgan fingerprint density at radius 2 is 2.12 bits per heavy atom. The SMILES string of the molecule is NC(=O)CCNCc1ccc(C(=O)O)c(F)c1. The standard InChI is InChI=1S/C11H13FN2O3/c12-9-5-7(1-2-8(9)11(16)17)6-14-4-3-10(13)15/h1-2,5,14H,3-4,6H2,(H2,13,15)(H,16,17). The second-order valence-corrected chi connectivity index (χ2v) is 3.51. The average molecular weight is 240 g/mol. The summed E-state index contributed by atoms with van der Waals surface area (Å²) >= 11 is 0. The second-order valence-electron chi connectivity index (χ2n) is 3.51. The average Bonchev–Trinajstić information content (AvgIpc) is 2.23. The lowest BCUT2D eigenvalue weighted by molar-refractivity contribution is -0.117. The molecule has 0 aliphatic carbocycles. The molecular formula is C11H13FN2O3. The van der Waals surface area contributed by atoms with Gasteiger partial charge in [0.05, 0.1) is 5.56 Å². The highest BCUT2D eigenvalue weighted by atomic mass is 19.1. The zero-order chi connectivity index (χ0) is 12.8. The fraction of sp³-hybridized carbons (Fsp3) is 0.273. The maximum absolute atomic E-state index is 13.3. The van der Waals surface area contributed by atoms with Crippen LogP contribution in [0.15, 0.2) is 18.2 Å². The van der Waals surface area contributed by atoms with Crippen LogP contribution in [0, 0.1) is 5.82 Å². The Kier molecular flexibility index (Phi) is 4.59. The van der Waals surface area contributed by atoms with Crippen molar-refractivity contribution in [3.63, 3.8) is 0 Å². The van der Waals surface area contributed by atoms with Crippen LogP contribution in [-0.4, -0.2) is 23.5 Å². The monoisotopic (exact) mass is 240 g/mol. The molecule has 0 spiro atoms. The van der Waals surface area contributed by atoms with E-state index in [4.69, 9.17) is 10.8 Å². The Labute approximate surface area is 97.4 Å². The molecular weight excluding hydrogens is 227 g/mol. The van der Waals surface area contributed by atoms with Crippen LogP contribution >= 0.6 is 0 Å². The minimum absolute atomic E-state index is 0.204. The van der Waals surface area contributed by atoms with Crippen LogP contribution in [-0.2, 0) is 11.3 Å². The van der Waals surface area contributed by atoms with Crippen molar-refractivity contribution in [1.29, 1.82) is 0 Å². The zero-order valence-corrected chi connectivity index (χ0v) is 9.07. The molecule has 1 amide bonds. The number of halogens is 1. The van der Waals surface area contributed by atoms with Gasteiger partial charge in [-0.15, -0.1) is 0 Å². The van der Waals surface area contributed by atoms with Crippen LogP contribution in [0.1, 0.15) is 22.3 Å². The fourth-order valence-electron chi connectivity index (χ4n) is 1.29. The molecule has 4 N–H and O–H groups in total. The van der Waals surface area contributed by atoms with Crippen molar-refractivity contribution in [3.05, 3.63) is 35.1 Å². The van der Waals surface area contributed by atoms with Gasteiger partial charge in [-0.25, -0.2) is 9.18 Å². The molecule has 92 valence electrons. The van der Waals surface area contributed by atoms with Gasteiger partial charge in [-0.1, -0.05) is 6.07 Å². The molecule has 5 nitrogen and oxygen atoms in total. The van der Waals surface area contributed by atoms with Gasteiger partial charge >= 0.3 is 5.97 Å². The molecule has 0 fully saturated rings. The smallest absolute Gasteiger partial charge is 0.338 e. The quantitative estimate of drug-likeness (QED) is 0.631. The summed E-state index contributed by atoms with van der Waals surface area (Å²) in [5, 5.41) is 11.5. The Bertz CT molecular complexity index is 435. The lowest BCUT2D eigenvalue weighted by Gasteiger charge is -2.05. The molecule has 0 radical (unpaired) electrons. The van der Waals surface area contributed by atoms with E-state index in [0.717, 1.165) is 6.07 Å². The van der Waals surface area contributed by atoms with Gasteiger partial charge in [0.2, 0.25) is 5.91 Å². The highest BCUT2D eigenvalue weighted by Gasteiger charge is 2.09. The van der Waals surface area contributed by atoms with E-state index in [-0.39, 0.29) is 12.0 Å². The predicted octanol–water partition coefficient (Wildman–Crippen LogP) is 0.489. The molecule has 0 atom stereocenters. The number of benzene rings is 1. The Morgan fingerprint density at radius 3 is 2.65 bits per heavy atom. The summed E-state index contributed by atoms with van der Waals surface area (Å²) in [5.74, 6) is -2.48. The molecule has 0 unspecified atom stereocenters. The van der Waals surface area contributed by atoms with Gasteiger partial charge in [-0.2, -0.15) is 0 Å². The van der Waals surface area contributed by atoms with Crippen molar-refractivity contribution >= 4 is 11.9 Å². The molecule has 0 aliphatic heterocycles. The minimum Gasteiger partial charge on any atom is -0.478 e. The first-order valence-electron chi connectivity index (χ1n) is 5.01. The Balaban J connectivity index is 2.53. The van der Waals surface area contributed by atoms with Gasteiger partial charge in [0.1, 0.15) is 5.82 Å². The molecule has 0 heterocycles. The summed E-state index contributed by atoms with van der Waals surface area (Å²) < 4.78 is 13.3. The summed E-state index contributed by atoms with van der Waals surface area (Å²) in [4.78, 5) is 21.0. The number of carbonyl (C=O) groups excluding carboxylic acids is 1. The normalized spacial score (nSPS) is 10.2. The van der Waals surface area contributed by atoms with Crippen LogP contribution in [0.5, 0.6) is 0 Å². The maximum atomic E-state index is 13.3. The van der Waals surface area contributed by atoms with Crippen molar-refractivity contribution in [1.82, 2.24) is 5.32 Å². The van der Waals surface area contributed by atoms with Gasteiger partial charge in [-0.3, -0.25) is 4.79 Å². The second kappa shape index (κ2) is 5.95. The molecule has 0 aliphatic rings. The first kappa shape index (κ1) is 13.1. The van der Waals surface area contributed by atoms with Crippen LogP contribution < -0.4 is 11.1 Å². The van der Waals surface area contributed by atoms with Gasteiger partial charge in [-0.05, 0) is 17.7 Å². The number of nitrogens with one attached hydrogen (secondary N) is 1. The highest BCUT2D eigenvalue weighted by molar-refractivity contribution is 5.87. The number of carboxylic acids is 1. The number of hydrogen-bond donors (Lipinski definition) is 3. The summed E-state index contributed by atoms with van der Waals surface area (Å²) in [6.45, 7) is 0.752. The van der Waals surface area contributed by atoms with Crippen LogP contribution in [0.25, 0.3) is 0 Å². The van der Waals surface area contributed by atoms with Crippen LogP contribution in [0.3, 0.4) is 0 Å². The fourth-order valence-corrected chi connectivity index (χ4v) is 1.29. The van der Waals surface area contributed by atoms with Crippen molar-refractivity contribution in [2.75, 3.05) is 6.54 Å². The minimum atomic E-state index is -1.30. The largest absolute Gasteiger partial charge is 0.478 e. The van der Waals surface area contributed by atoms with E-state index in [0.29, 0.717) is 18.7 Å². The predicted molar refractivity (Wildman–Crippen MR) is 58.9 cm³/mol. The van der Waals surface area contributed by atoms with E-state index >= 15 is 0 Å². The Hall–Kier alpha value is -1.95. The number of rotatable bonds is 6. The molecule has 0 saturated heterocycles. The number of primary amides is 1. The van der Waals surface area contributed by atoms with E-state index in [9.17, 15) is 14.0 Å². The molecule has 0 saturated carbocycles.